The van der Waals surface area contributed by atoms with Crippen LogP contribution in [0.15, 0.2) is 35.5 Å². The van der Waals surface area contributed by atoms with Gasteiger partial charge >= 0.3 is 0 Å². The maximum Gasteiger partial charge on any atom is 0.255 e. The number of carbonyl (C=O) groups is 1. The number of likely N-dealkylation sites (tertiary alicyclic amines) is 1. The van der Waals surface area contributed by atoms with Crippen molar-refractivity contribution in [3.8, 4) is 5.82 Å². The first-order chi connectivity index (χ1) is 12.7. The van der Waals surface area contributed by atoms with Crippen molar-refractivity contribution < 1.29 is 9.32 Å². The molecule has 0 aromatic carbocycles. The minimum atomic E-state index is -0.00312. The van der Waals surface area contributed by atoms with Gasteiger partial charge in [-0.05, 0) is 30.9 Å². The lowest BCUT2D eigenvalue weighted by molar-refractivity contribution is 0.0671. The van der Waals surface area contributed by atoms with Crippen molar-refractivity contribution in [1.82, 2.24) is 34.8 Å². The Morgan fingerprint density at radius 2 is 2.31 bits per heavy atom. The molecule has 1 atom stereocenters. The average molecular weight is 353 g/mol. The number of piperidine rings is 1. The largest absolute Gasteiger partial charge is 0.340 e. The highest BCUT2D eigenvalue weighted by Gasteiger charge is 2.26. The zero-order valence-electron chi connectivity index (χ0n) is 14.4. The van der Waals surface area contributed by atoms with Crippen molar-refractivity contribution in [2.24, 2.45) is 5.92 Å². The van der Waals surface area contributed by atoms with E-state index >= 15 is 0 Å². The lowest BCUT2D eigenvalue weighted by Gasteiger charge is -2.32. The molecule has 0 spiro atoms. The normalized spacial score (nSPS) is 17.4. The van der Waals surface area contributed by atoms with E-state index < -0.39 is 0 Å². The van der Waals surface area contributed by atoms with E-state index in [1.54, 1.807) is 36.3 Å². The van der Waals surface area contributed by atoms with Gasteiger partial charge in [0.25, 0.3) is 5.91 Å². The van der Waals surface area contributed by atoms with Crippen molar-refractivity contribution in [2.45, 2.75) is 26.2 Å². The zero-order chi connectivity index (χ0) is 17.9. The molecule has 3 aromatic rings. The number of hydrogen-bond acceptors (Lipinski definition) is 7. The van der Waals surface area contributed by atoms with Gasteiger partial charge in [0.05, 0.1) is 5.56 Å². The first-order valence-electron chi connectivity index (χ1n) is 8.58. The Kier molecular flexibility index (Phi) is 4.42. The summed E-state index contributed by atoms with van der Waals surface area (Å²) in [5, 5.41) is 7.99. The molecule has 1 aliphatic heterocycles. The topological polar surface area (TPSA) is 103 Å². The van der Waals surface area contributed by atoms with Crippen LogP contribution < -0.4 is 0 Å². The summed E-state index contributed by atoms with van der Waals surface area (Å²) in [4.78, 5) is 27.1. The van der Waals surface area contributed by atoms with E-state index in [0.717, 1.165) is 25.8 Å². The summed E-state index contributed by atoms with van der Waals surface area (Å²) < 4.78 is 6.58. The Morgan fingerprint density at radius 1 is 1.38 bits per heavy atom. The van der Waals surface area contributed by atoms with Crippen LogP contribution >= 0.6 is 0 Å². The number of aromatic nitrogens is 6. The molecule has 9 nitrogen and oxygen atoms in total. The van der Waals surface area contributed by atoms with Gasteiger partial charge in [-0.15, -0.1) is 0 Å². The molecule has 0 radical (unpaired) electrons. The van der Waals surface area contributed by atoms with Crippen LogP contribution in [0, 0.1) is 12.8 Å². The van der Waals surface area contributed by atoms with Crippen LogP contribution in [0.2, 0.25) is 0 Å². The van der Waals surface area contributed by atoms with Crippen LogP contribution in [0.4, 0.5) is 0 Å². The SMILES string of the molecule is Cc1nc(CC2CCCN(C(=O)c3ccc(-n4cncn4)nc3)C2)no1. The predicted molar refractivity (Wildman–Crippen MR) is 90.5 cm³/mol. The van der Waals surface area contributed by atoms with Gasteiger partial charge in [0.15, 0.2) is 11.6 Å². The molecule has 134 valence electrons. The van der Waals surface area contributed by atoms with Crippen LogP contribution in [-0.4, -0.2) is 53.8 Å². The highest BCUT2D eigenvalue weighted by atomic mass is 16.5. The third kappa shape index (κ3) is 3.46. The summed E-state index contributed by atoms with van der Waals surface area (Å²) in [6.07, 6.45) is 7.35. The van der Waals surface area contributed by atoms with Gasteiger partial charge in [0, 0.05) is 32.6 Å². The molecule has 3 aromatic heterocycles. The fourth-order valence-electron chi connectivity index (χ4n) is 3.26. The Morgan fingerprint density at radius 3 is 3.00 bits per heavy atom. The molecule has 0 saturated carbocycles. The average Bonchev–Trinajstić information content (AvgIpc) is 3.34. The van der Waals surface area contributed by atoms with Crippen molar-refractivity contribution in [1.29, 1.82) is 0 Å². The summed E-state index contributed by atoms with van der Waals surface area (Å²) in [5.41, 5.74) is 0.574. The second kappa shape index (κ2) is 7.03. The first-order valence-corrected chi connectivity index (χ1v) is 8.58. The van der Waals surface area contributed by atoms with Crippen molar-refractivity contribution in [3.05, 3.63) is 48.3 Å². The Balaban J connectivity index is 1.42. The maximum absolute atomic E-state index is 12.8. The molecule has 1 unspecified atom stereocenters. The first kappa shape index (κ1) is 16.4. The number of aryl methyl sites for hydroxylation is 1. The van der Waals surface area contributed by atoms with E-state index in [1.165, 1.54) is 6.33 Å². The van der Waals surface area contributed by atoms with Crippen LogP contribution in [0.5, 0.6) is 0 Å². The maximum atomic E-state index is 12.8. The van der Waals surface area contributed by atoms with Gasteiger partial charge in [0.2, 0.25) is 5.89 Å². The van der Waals surface area contributed by atoms with Crippen molar-refractivity contribution >= 4 is 5.91 Å². The lowest BCUT2D eigenvalue weighted by atomic mass is 9.94. The van der Waals surface area contributed by atoms with E-state index in [4.69, 9.17) is 4.52 Å². The number of hydrogen-bond donors (Lipinski definition) is 0. The monoisotopic (exact) mass is 353 g/mol. The molecule has 1 saturated heterocycles. The number of carbonyl (C=O) groups excluding carboxylic acids is 1. The van der Waals surface area contributed by atoms with E-state index in [-0.39, 0.29) is 5.91 Å². The number of rotatable bonds is 4. The zero-order valence-corrected chi connectivity index (χ0v) is 14.4. The Labute approximate surface area is 150 Å². The molecule has 0 aliphatic carbocycles. The van der Waals surface area contributed by atoms with Gasteiger partial charge in [0.1, 0.15) is 12.7 Å². The highest BCUT2D eigenvalue weighted by Crippen LogP contribution is 2.21. The summed E-state index contributed by atoms with van der Waals surface area (Å²) in [7, 11) is 0. The van der Waals surface area contributed by atoms with E-state index in [0.29, 0.717) is 35.6 Å². The molecule has 0 bridgehead atoms. The highest BCUT2D eigenvalue weighted by molar-refractivity contribution is 5.94. The Hall–Kier alpha value is -3.10. The number of amides is 1. The molecule has 0 N–H and O–H groups in total. The van der Waals surface area contributed by atoms with E-state index in [2.05, 4.69) is 25.2 Å². The van der Waals surface area contributed by atoms with Crippen LogP contribution in [-0.2, 0) is 6.42 Å². The van der Waals surface area contributed by atoms with Crippen LogP contribution in [0.25, 0.3) is 5.82 Å². The molecule has 1 amide bonds. The standard InChI is InChI=1S/C17H19N7O2/c1-12-21-15(22-26-12)7-13-3-2-6-23(9-13)17(25)14-4-5-16(19-8-14)24-11-18-10-20-24/h4-5,8,10-11,13H,2-3,6-7,9H2,1H3. The van der Waals surface area contributed by atoms with Gasteiger partial charge in [-0.25, -0.2) is 14.6 Å². The summed E-state index contributed by atoms with van der Waals surface area (Å²) in [6.45, 7) is 3.23. The second-order valence-electron chi connectivity index (χ2n) is 6.44. The lowest BCUT2D eigenvalue weighted by Crippen LogP contribution is -2.40. The minimum Gasteiger partial charge on any atom is -0.340 e. The van der Waals surface area contributed by atoms with Gasteiger partial charge in [-0.3, -0.25) is 4.79 Å². The molecular weight excluding hydrogens is 334 g/mol. The predicted octanol–water partition coefficient (Wildman–Crippen LogP) is 1.45. The molecule has 1 aliphatic rings. The van der Waals surface area contributed by atoms with E-state index in [1.807, 2.05) is 4.90 Å². The molecule has 4 heterocycles. The van der Waals surface area contributed by atoms with Gasteiger partial charge in [-0.2, -0.15) is 10.1 Å². The molecule has 4 rings (SSSR count). The minimum absolute atomic E-state index is 0.00312. The smallest absolute Gasteiger partial charge is 0.255 e. The number of nitrogens with zero attached hydrogens (tertiary/aromatic N) is 7. The van der Waals surface area contributed by atoms with Gasteiger partial charge in [-0.1, -0.05) is 5.16 Å². The third-order valence-electron chi connectivity index (χ3n) is 4.50. The molecule has 26 heavy (non-hydrogen) atoms. The number of pyridine rings is 1. The molecule has 1 fully saturated rings. The summed E-state index contributed by atoms with van der Waals surface area (Å²) in [6, 6.07) is 3.55. The van der Waals surface area contributed by atoms with Crippen LogP contribution in [0.3, 0.4) is 0 Å². The summed E-state index contributed by atoms with van der Waals surface area (Å²) in [5.74, 6) is 2.25. The molecular formula is C17H19N7O2. The second-order valence-corrected chi connectivity index (χ2v) is 6.44. The fourth-order valence-corrected chi connectivity index (χ4v) is 3.26. The van der Waals surface area contributed by atoms with Crippen molar-refractivity contribution in [2.75, 3.05) is 13.1 Å². The molecule has 9 heteroatoms. The van der Waals surface area contributed by atoms with E-state index in [9.17, 15) is 4.79 Å². The quantitative estimate of drug-likeness (QED) is 0.699. The van der Waals surface area contributed by atoms with Gasteiger partial charge < -0.3 is 9.42 Å². The summed E-state index contributed by atoms with van der Waals surface area (Å²) >= 11 is 0. The fraction of sp³-hybridized carbons (Fsp3) is 0.412. The third-order valence-corrected chi connectivity index (χ3v) is 4.50. The van der Waals surface area contributed by atoms with Crippen LogP contribution in [0.1, 0.15) is 34.9 Å². The van der Waals surface area contributed by atoms with Crippen molar-refractivity contribution in [3.63, 3.8) is 0 Å². The Bertz CT molecular complexity index is 873.